The van der Waals surface area contributed by atoms with E-state index in [2.05, 4.69) is 21.1 Å². The molecular formula is C23H30N4O3. The van der Waals surface area contributed by atoms with E-state index in [0.717, 1.165) is 58.0 Å². The Morgan fingerprint density at radius 2 is 1.97 bits per heavy atom. The lowest BCUT2D eigenvalue weighted by Gasteiger charge is -2.33. The van der Waals surface area contributed by atoms with E-state index in [9.17, 15) is 0 Å². The molecule has 2 saturated heterocycles. The van der Waals surface area contributed by atoms with E-state index in [0.29, 0.717) is 30.4 Å². The normalized spacial score (nSPS) is 20.8. The average molecular weight is 411 g/mol. The lowest BCUT2D eigenvalue weighted by molar-refractivity contribution is 0.0211. The second kappa shape index (κ2) is 10.7. The summed E-state index contributed by atoms with van der Waals surface area (Å²) in [5.41, 5.74) is 1.89. The van der Waals surface area contributed by atoms with Crippen molar-refractivity contribution in [1.29, 1.82) is 5.26 Å². The molecule has 1 atom stereocenters. The van der Waals surface area contributed by atoms with Gasteiger partial charge in [0.05, 0.1) is 24.3 Å². The second-order valence-electron chi connectivity index (χ2n) is 8.22. The molecule has 0 saturated carbocycles. The van der Waals surface area contributed by atoms with Crippen molar-refractivity contribution >= 4 is 0 Å². The SMILES string of the molecule is N#Cc1ccc(CN2CCCCC2c2nc(CCOCC3CCOCC3)no2)cc1. The van der Waals surface area contributed by atoms with Gasteiger partial charge in [-0.05, 0) is 55.8 Å². The summed E-state index contributed by atoms with van der Waals surface area (Å²) in [5, 5.41) is 13.2. The summed E-state index contributed by atoms with van der Waals surface area (Å²) in [4.78, 5) is 7.08. The van der Waals surface area contributed by atoms with Gasteiger partial charge in [-0.1, -0.05) is 23.7 Å². The molecule has 1 aromatic carbocycles. The Hall–Kier alpha value is -2.27. The molecule has 160 valence electrons. The molecule has 0 N–H and O–H groups in total. The predicted octanol–water partition coefficient (Wildman–Crippen LogP) is 3.65. The predicted molar refractivity (Wildman–Crippen MR) is 111 cm³/mol. The van der Waals surface area contributed by atoms with Crippen molar-refractivity contribution in [2.24, 2.45) is 5.92 Å². The summed E-state index contributed by atoms with van der Waals surface area (Å²) in [6.45, 7) is 4.94. The maximum absolute atomic E-state index is 8.98. The van der Waals surface area contributed by atoms with Crippen molar-refractivity contribution in [2.45, 2.75) is 51.1 Å². The van der Waals surface area contributed by atoms with Crippen LogP contribution in [0, 0.1) is 17.2 Å². The van der Waals surface area contributed by atoms with Crippen LogP contribution in [0.5, 0.6) is 0 Å². The Kier molecular flexibility index (Phi) is 7.46. The van der Waals surface area contributed by atoms with Crippen LogP contribution in [0.15, 0.2) is 28.8 Å². The highest BCUT2D eigenvalue weighted by Gasteiger charge is 2.28. The lowest BCUT2D eigenvalue weighted by Crippen LogP contribution is -2.33. The molecule has 0 aliphatic carbocycles. The van der Waals surface area contributed by atoms with Crippen LogP contribution in [-0.2, 0) is 22.4 Å². The smallest absolute Gasteiger partial charge is 0.244 e. The number of ether oxygens (including phenoxy) is 2. The van der Waals surface area contributed by atoms with Crippen molar-refractivity contribution in [1.82, 2.24) is 15.0 Å². The molecule has 2 aliphatic rings. The van der Waals surface area contributed by atoms with Crippen molar-refractivity contribution in [3.63, 3.8) is 0 Å². The highest BCUT2D eigenvalue weighted by Crippen LogP contribution is 2.31. The topological polar surface area (TPSA) is 84.4 Å². The first-order chi connectivity index (χ1) is 14.8. The van der Waals surface area contributed by atoms with E-state index < -0.39 is 0 Å². The number of hydrogen-bond acceptors (Lipinski definition) is 7. The molecule has 7 nitrogen and oxygen atoms in total. The summed E-state index contributed by atoms with van der Waals surface area (Å²) in [6.07, 6.45) is 6.22. The Labute approximate surface area is 178 Å². The molecule has 0 amide bonds. The van der Waals surface area contributed by atoms with Gasteiger partial charge in [0.25, 0.3) is 0 Å². The Morgan fingerprint density at radius 1 is 1.13 bits per heavy atom. The summed E-state index contributed by atoms with van der Waals surface area (Å²) in [6, 6.07) is 10.1. The fourth-order valence-electron chi connectivity index (χ4n) is 4.21. The third-order valence-electron chi connectivity index (χ3n) is 6.02. The van der Waals surface area contributed by atoms with Gasteiger partial charge in [-0.2, -0.15) is 10.2 Å². The van der Waals surface area contributed by atoms with Gasteiger partial charge >= 0.3 is 0 Å². The number of rotatable bonds is 8. The van der Waals surface area contributed by atoms with Gasteiger partial charge in [-0.3, -0.25) is 4.90 Å². The molecule has 1 aromatic heterocycles. The summed E-state index contributed by atoms with van der Waals surface area (Å²) >= 11 is 0. The first kappa shape index (κ1) is 21.0. The van der Waals surface area contributed by atoms with Crippen molar-refractivity contribution in [2.75, 3.05) is 33.0 Å². The van der Waals surface area contributed by atoms with Crippen LogP contribution >= 0.6 is 0 Å². The molecule has 4 rings (SSSR count). The van der Waals surface area contributed by atoms with Gasteiger partial charge in [0.1, 0.15) is 0 Å². The zero-order valence-electron chi connectivity index (χ0n) is 17.5. The molecular weight excluding hydrogens is 380 g/mol. The van der Waals surface area contributed by atoms with E-state index in [1.807, 2.05) is 24.3 Å². The van der Waals surface area contributed by atoms with Crippen LogP contribution in [-0.4, -0.2) is 48.0 Å². The standard InChI is InChI=1S/C23H30N4O3/c24-15-18-4-6-19(7-5-18)16-27-11-2-1-3-21(27)23-25-22(26-30-23)10-14-29-17-20-8-12-28-13-9-20/h4-7,20-21H,1-3,8-14,16-17H2. The molecule has 2 aliphatic heterocycles. The molecule has 7 heteroatoms. The second-order valence-corrected chi connectivity index (χ2v) is 8.22. The van der Waals surface area contributed by atoms with Gasteiger partial charge in [0.15, 0.2) is 5.82 Å². The summed E-state index contributed by atoms with van der Waals surface area (Å²) < 4.78 is 16.9. The zero-order valence-corrected chi connectivity index (χ0v) is 17.5. The van der Waals surface area contributed by atoms with Crippen molar-refractivity contribution in [3.05, 3.63) is 47.1 Å². The number of nitrogens with zero attached hydrogens (tertiary/aromatic N) is 4. The van der Waals surface area contributed by atoms with Crippen molar-refractivity contribution < 1.29 is 14.0 Å². The monoisotopic (exact) mass is 410 g/mol. The van der Waals surface area contributed by atoms with Crippen LogP contribution in [0.25, 0.3) is 0 Å². The van der Waals surface area contributed by atoms with E-state index >= 15 is 0 Å². The molecule has 3 heterocycles. The quantitative estimate of drug-likeness (QED) is 0.614. The molecule has 2 aromatic rings. The zero-order chi connectivity index (χ0) is 20.6. The minimum absolute atomic E-state index is 0.152. The minimum atomic E-state index is 0.152. The summed E-state index contributed by atoms with van der Waals surface area (Å²) in [5.74, 6) is 2.04. The number of benzene rings is 1. The average Bonchev–Trinajstić information content (AvgIpc) is 3.27. The van der Waals surface area contributed by atoms with Crippen LogP contribution in [0.3, 0.4) is 0 Å². The highest BCUT2D eigenvalue weighted by molar-refractivity contribution is 5.31. The fourth-order valence-corrected chi connectivity index (χ4v) is 4.21. The van der Waals surface area contributed by atoms with E-state index in [-0.39, 0.29) is 6.04 Å². The van der Waals surface area contributed by atoms with Crippen molar-refractivity contribution in [3.8, 4) is 6.07 Å². The number of aromatic nitrogens is 2. The Bertz CT molecular complexity index is 824. The van der Waals surface area contributed by atoms with Gasteiger partial charge < -0.3 is 14.0 Å². The maximum atomic E-state index is 8.98. The minimum Gasteiger partial charge on any atom is -0.381 e. The first-order valence-corrected chi connectivity index (χ1v) is 11.0. The lowest BCUT2D eigenvalue weighted by atomic mass is 10.0. The van der Waals surface area contributed by atoms with Crippen LogP contribution in [0.4, 0.5) is 0 Å². The molecule has 0 radical (unpaired) electrons. The number of nitriles is 1. The largest absolute Gasteiger partial charge is 0.381 e. The Morgan fingerprint density at radius 3 is 2.77 bits per heavy atom. The first-order valence-electron chi connectivity index (χ1n) is 11.0. The Balaban J connectivity index is 1.29. The molecule has 2 fully saturated rings. The van der Waals surface area contributed by atoms with Crippen LogP contribution < -0.4 is 0 Å². The maximum Gasteiger partial charge on any atom is 0.244 e. The van der Waals surface area contributed by atoms with Gasteiger partial charge in [0, 0.05) is 32.8 Å². The molecule has 0 bridgehead atoms. The summed E-state index contributed by atoms with van der Waals surface area (Å²) in [7, 11) is 0. The molecule has 30 heavy (non-hydrogen) atoms. The van der Waals surface area contributed by atoms with Crippen LogP contribution in [0.1, 0.15) is 61.0 Å². The third-order valence-corrected chi connectivity index (χ3v) is 6.02. The number of hydrogen-bond donors (Lipinski definition) is 0. The van der Waals surface area contributed by atoms with Crippen LogP contribution in [0.2, 0.25) is 0 Å². The number of piperidine rings is 1. The van der Waals surface area contributed by atoms with E-state index in [4.69, 9.17) is 19.3 Å². The van der Waals surface area contributed by atoms with Gasteiger partial charge in [-0.15, -0.1) is 0 Å². The van der Waals surface area contributed by atoms with Gasteiger partial charge in [-0.25, -0.2) is 0 Å². The van der Waals surface area contributed by atoms with Gasteiger partial charge in [0.2, 0.25) is 5.89 Å². The van der Waals surface area contributed by atoms with E-state index in [1.54, 1.807) is 0 Å². The molecule has 1 unspecified atom stereocenters. The highest BCUT2D eigenvalue weighted by atomic mass is 16.5. The fraction of sp³-hybridized carbons (Fsp3) is 0.609. The third kappa shape index (κ3) is 5.66. The van der Waals surface area contributed by atoms with E-state index in [1.165, 1.54) is 18.4 Å². The molecule has 0 spiro atoms. The number of likely N-dealkylation sites (tertiary alicyclic amines) is 1.